The van der Waals surface area contributed by atoms with Crippen LogP contribution in [-0.2, 0) is 6.42 Å². The number of hydrogen-bond donors (Lipinski definition) is 4. The van der Waals surface area contributed by atoms with Crippen molar-refractivity contribution in [2.45, 2.75) is 94.8 Å². The lowest BCUT2D eigenvalue weighted by Gasteiger charge is -2.27. The third-order valence-corrected chi connectivity index (χ3v) is 8.25. The fraction of sp³-hybridized carbons (Fsp3) is 0.517. The van der Waals surface area contributed by atoms with Gasteiger partial charge in [-0.3, -0.25) is 9.59 Å². The van der Waals surface area contributed by atoms with Crippen LogP contribution in [0.3, 0.4) is 0 Å². The number of alkyl halides is 6. The predicted octanol–water partition coefficient (Wildman–Crippen LogP) is 7.69. The zero-order valence-corrected chi connectivity index (χ0v) is 22.0. The maximum absolute atomic E-state index is 13.4. The summed E-state index contributed by atoms with van der Waals surface area (Å²) in [5.41, 5.74) is -3.81. The molecule has 224 valence electrons. The van der Waals surface area contributed by atoms with Crippen molar-refractivity contribution in [3.8, 4) is 23.0 Å². The maximum Gasteiger partial charge on any atom is 0.455 e. The van der Waals surface area contributed by atoms with Gasteiger partial charge >= 0.3 is 12.4 Å². The highest BCUT2D eigenvalue weighted by atomic mass is 19.4. The van der Waals surface area contributed by atoms with E-state index in [1.165, 1.54) is 0 Å². The van der Waals surface area contributed by atoms with Gasteiger partial charge in [0.2, 0.25) is 0 Å². The van der Waals surface area contributed by atoms with Crippen LogP contribution >= 0.6 is 0 Å². The average Bonchev–Trinajstić information content (AvgIpc) is 2.92. The molecule has 0 aromatic heterocycles. The molecule has 2 fully saturated rings. The van der Waals surface area contributed by atoms with Crippen LogP contribution in [0.15, 0.2) is 12.1 Å². The molecule has 0 amide bonds. The number of hydrogen-bond acceptors (Lipinski definition) is 6. The van der Waals surface area contributed by atoms with E-state index in [1.54, 1.807) is 0 Å². The van der Waals surface area contributed by atoms with E-state index in [2.05, 4.69) is 0 Å². The Kier molecular flexibility index (Phi) is 8.52. The Bertz CT molecular complexity index is 1230. The number of benzene rings is 2. The van der Waals surface area contributed by atoms with Crippen molar-refractivity contribution in [2.24, 2.45) is 0 Å². The van der Waals surface area contributed by atoms with Crippen molar-refractivity contribution in [2.75, 3.05) is 0 Å². The number of carbonyl (C=O) groups excluding carboxylic acids is 2. The normalized spacial score (nSPS) is 17.5. The van der Waals surface area contributed by atoms with Gasteiger partial charge in [0, 0.05) is 17.5 Å². The van der Waals surface area contributed by atoms with Gasteiger partial charge in [-0.05, 0) is 60.8 Å². The van der Waals surface area contributed by atoms with Gasteiger partial charge in [-0.15, -0.1) is 0 Å². The highest BCUT2D eigenvalue weighted by Crippen LogP contribution is 2.49. The second kappa shape index (κ2) is 11.4. The summed E-state index contributed by atoms with van der Waals surface area (Å²) in [6.07, 6.45) is -5.41. The number of phenols is 4. The Hall–Kier alpha value is -3.44. The van der Waals surface area contributed by atoms with Gasteiger partial charge < -0.3 is 20.4 Å². The molecule has 2 aromatic carbocycles. The molecule has 0 spiro atoms. The monoisotopic (exact) mass is 588 g/mol. The van der Waals surface area contributed by atoms with Crippen molar-refractivity contribution in [3.63, 3.8) is 0 Å². The minimum Gasteiger partial charge on any atom is -0.507 e. The minimum absolute atomic E-state index is 0.0564. The third kappa shape index (κ3) is 6.11. The van der Waals surface area contributed by atoms with Crippen LogP contribution in [0.1, 0.15) is 119 Å². The summed E-state index contributed by atoms with van der Waals surface area (Å²) in [7, 11) is 0. The fourth-order valence-electron chi connectivity index (χ4n) is 6.10. The van der Waals surface area contributed by atoms with Gasteiger partial charge in [-0.2, -0.15) is 26.3 Å². The van der Waals surface area contributed by atoms with Crippen LogP contribution in [0.25, 0.3) is 0 Å². The van der Waals surface area contributed by atoms with Crippen LogP contribution in [0.2, 0.25) is 0 Å². The molecule has 0 aliphatic heterocycles. The molecule has 0 atom stereocenters. The highest BCUT2D eigenvalue weighted by Gasteiger charge is 2.44. The van der Waals surface area contributed by atoms with Crippen LogP contribution in [0.5, 0.6) is 23.0 Å². The first-order valence-corrected chi connectivity index (χ1v) is 13.5. The lowest BCUT2D eigenvalue weighted by atomic mass is 9.79. The van der Waals surface area contributed by atoms with Crippen LogP contribution in [0.4, 0.5) is 26.3 Å². The maximum atomic E-state index is 13.4. The first-order chi connectivity index (χ1) is 19.1. The second-order valence-electron chi connectivity index (χ2n) is 10.9. The SMILES string of the molecule is O=C(c1cc(C2CCCCC2)c(O)c(Cc2c(O)c(C(=O)C(F)(F)F)cc(C3CCCCC3)c2O)c1O)C(F)(F)F. The molecule has 2 aromatic rings. The Morgan fingerprint density at radius 1 is 0.585 bits per heavy atom. The lowest BCUT2D eigenvalue weighted by Crippen LogP contribution is -2.24. The van der Waals surface area contributed by atoms with Gasteiger partial charge in [-0.1, -0.05) is 38.5 Å². The van der Waals surface area contributed by atoms with E-state index in [0.29, 0.717) is 51.4 Å². The molecule has 2 aliphatic rings. The van der Waals surface area contributed by atoms with E-state index in [0.717, 1.165) is 25.0 Å². The summed E-state index contributed by atoms with van der Waals surface area (Å²) in [6.45, 7) is 0. The number of Topliss-reactive ketones (excluding diaryl/α,β-unsaturated/α-hetero) is 2. The van der Waals surface area contributed by atoms with Crippen molar-refractivity contribution >= 4 is 11.6 Å². The zero-order valence-electron chi connectivity index (χ0n) is 22.0. The predicted molar refractivity (Wildman–Crippen MR) is 135 cm³/mol. The smallest absolute Gasteiger partial charge is 0.455 e. The Morgan fingerprint density at radius 3 is 1.20 bits per heavy atom. The Balaban J connectivity index is 1.94. The van der Waals surface area contributed by atoms with Crippen molar-refractivity contribution in [1.82, 2.24) is 0 Å². The molecule has 2 aliphatic carbocycles. The van der Waals surface area contributed by atoms with E-state index in [4.69, 9.17) is 0 Å². The molecule has 12 heteroatoms. The topological polar surface area (TPSA) is 115 Å². The summed E-state index contributed by atoms with van der Waals surface area (Å²) in [4.78, 5) is 24.5. The van der Waals surface area contributed by atoms with Gasteiger partial charge in [0.15, 0.2) is 0 Å². The largest absolute Gasteiger partial charge is 0.507 e. The first-order valence-electron chi connectivity index (χ1n) is 13.5. The minimum atomic E-state index is -5.40. The molecule has 41 heavy (non-hydrogen) atoms. The Labute approximate surface area is 231 Å². The molecule has 0 radical (unpaired) electrons. The van der Waals surface area contributed by atoms with E-state index < -0.39 is 87.4 Å². The number of halogens is 6. The number of carbonyl (C=O) groups is 2. The molecular weight excluding hydrogens is 558 g/mol. The summed E-state index contributed by atoms with van der Waals surface area (Å²) < 4.78 is 80.6. The number of phenolic OH excluding ortho intramolecular Hbond substituents is 4. The summed E-state index contributed by atoms with van der Waals surface area (Å²) in [5.74, 6) is -9.69. The van der Waals surface area contributed by atoms with Crippen LogP contribution in [-0.4, -0.2) is 44.3 Å². The van der Waals surface area contributed by atoms with Gasteiger partial charge in [0.05, 0.1) is 11.1 Å². The van der Waals surface area contributed by atoms with E-state index >= 15 is 0 Å². The average molecular weight is 589 g/mol. The zero-order chi connectivity index (χ0) is 30.3. The molecule has 0 unspecified atom stereocenters. The molecular formula is C29H30F6O6. The van der Waals surface area contributed by atoms with Gasteiger partial charge in [0.1, 0.15) is 23.0 Å². The first kappa shape index (κ1) is 30.5. The quantitative estimate of drug-likeness (QED) is 0.203. The Morgan fingerprint density at radius 2 is 0.902 bits per heavy atom. The second-order valence-corrected chi connectivity index (χ2v) is 10.9. The van der Waals surface area contributed by atoms with E-state index in [9.17, 15) is 56.4 Å². The third-order valence-electron chi connectivity index (χ3n) is 8.25. The molecule has 2 saturated carbocycles. The summed E-state index contributed by atoms with van der Waals surface area (Å²) in [6, 6.07) is 1.55. The lowest BCUT2D eigenvalue weighted by molar-refractivity contribution is -0.0889. The molecule has 4 rings (SSSR count). The molecule has 4 N–H and O–H groups in total. The highest BCUT2D eigenvalue weighted by molar-refractivity contribution is 6.04. The van der Waals surface area contributed by atoms with Gasteiger partial charge in [-0.25, -0.2) is 0 Å². The van der Waals surface area contributed by atoms with Crippen molar-refractivity contribution in [3.05, 3.63) is 45.5 Å². The molecule has 0 bridgehead atoms. The molecule has 0 saturated heterocycles. The number of aromatic hydroxyl groups is 4. The fourth-order valence-corrected chi connectivity index (χ4v) is 6.10. The van der Waals surface area contributed by atoms with Crippen molar-refractivity contribution in [1.29, 1.82) is 0 Å². The molecule has 6 nitrogen and oxygen atoms in total. The van der Waals surface area contributed by atoms with Crippen molar-refractivity contribution < 1.29 is 56.4 Å². The molecule has 0 heterocycles. The number of rotatable bonds is 6. The standard InChI is InChI=1S/C29H30F6O6/c30-28(31,32)26(40)20-11-16(14-7-3-1-4-8-14)22(36)18(24(20)38)13-19-23(37)17(15-9-5-2-6-10-15)12-21(25(19)39)27(41)29(33,34)35/h11-12,14-15,36-39H,1-10,13H2. The van der Waals surface area contributed by atoms with Crippen LogP contribution in [0, 0.1) is 0 Å². The summed E-state index contributed by atoms with van der Waals surface area (Å²) >= 11 is 0. The van der Waals surface area contributed by atoms with E-state index in [-0.39, 0.29) is 11.1 Å². The van der Waals surface area contributed by atoms with Gasteiger partial charge in [0.25, 0.3) is 11.6 Å². The number of ketones is 2. The van der Waals surface area contributed by atoms with E-state index in [1.807, 2.05) is 0 Å². The van der Waals surface area contributed by atoms with Crippen LogP contribution < -0.4 is 0 Å². The summed E-state index contributed by atoms with van der Waals surface area (Å²) in [5, 5.41) is 43.9.